The summed E-state index contributed by atoms with van der Waals surface area (Å²) in [5.74, 6) is 0.635. The number of nitro groups is 1. The van der Waals surface area contributed by atoms with Gasteiger partial charge in [-0.1, -0.05) is 18.2 Å². The maximum atomic E-state index is 12.6. The molecule has 7 nitrogen and oxygen atoms in total. The SMILES string of the molecule is Cc1ccc2cc3c(nc2c1)N(c1ccc(C(=O)Nc2cccc([N+](=O)[O-])c2)cc1)CC3. The molecule has 4 aromatic rings. The monoisotopic (exact) mass is 424 g/mol. The van der Waals surface area contributed by atoms with Crippen LogP contribution in [-0.4, -0.2) is 22.4 Å². The van der Waals surface area contributed by atoms with Gasteiger partial charge in [-0.2, -0.15) is 0 Å². The van der Waals surface area contributed by atoms with Crippen LogP contribution in [0.2, 0.25) is 0 Å². The van der Waals surface area contributed by atoms with E-state index in [1.807, 2.05) is 12.1 Å². The van der Waals surface area contributed by atoms with E-state index in [4.69, 9.17) is 4.98 Å². The summed E-state index contributed by atoms with van der Waals surface area (Å²) < 4.78 is 0. The fraction of sp³-hybridized carbons (Fsp3) is 0.120. The Bertz CT molecular complexity index is 1370. The number of aryl methyl sites for hydroxylation is 1. The molecule has 1 N–H and O–H groups in total. The lowest BCUT2D eigenvalue weighted by molar-refractivity contribution is -0.384. The van der Waals surface area contributed by atoms with Crippen LogP contribution >= 0.6 is 0 Å². The number of non-ortho nitro benzene ring substituents is 1. The molecule has 32 heavy (non-hydrogen) atoms. The van der Waals surface area contributed by atoms with Gasteiger partial charge in [-0.05, 0) is 66.9 Å². The average molecular weight is 424 g/mol. The van der Waals surface area contributed by atoms with Crippen LogP contribution in [0, 0.1) is 17.0 Å². The van der Waals surface area contributed by atoms with Gasteiger partial charge >= 0.3 is 0 Å². The highest BCUT2D eigenvalue weighted by Gasteiger charge is 2.23. The van der Waals surface area contributed by atoms with Crippen LogP contribution < -0.4 is 10.2 Å². The van der Waals surface area contributed by atoms with E-state index < -0.39 is 4.92 Å². The van der Waals surface area contributed by atoms with Crippen LogP contribution in [0.25, 0.3) is 10.9 Å². The number of fused-ring (bicyclic) bond motifs is 2. The standard InChI is InChI=1S/C25H20N4O3/c1-16-5-6-18-14-19-11-12-28(24(19)27-23(18)13-16)21-9-7-17(8-10-21)25(30)26-20-3-2-4-22(15-20)29(31)32/h2-10,13-15H,11-12H2,1H3,(H,26,30). The lowest BCUT2D eigenvalue weighted by Crippen LogP contribution is -2.15. The first kappa shape index (κ1) is 19.7. The number of anilines is 3. The summed E-state index contributed by atoms with van der Waals surface area (Å²) >= 11 is 0. The molecule has 5 rings (SSSR count). The Labute approximate surface area is 184 Å². The summed E-state index contributed by atoms with van der Waals surface area (Å²) in [6.45, 7) is 2.89. The van der Waals surface area contributed by atoms with E-state index in [0.29, 0.717) is 11.3 Å². The molecular weight excluding hydrogens is 404 g/mol. The topological polar surface area (TPSA) is 88.4 Å². The normalized spacial score (nSPS) is 12.6. The summed E-state index contributed by atoms with van der Waals surface area (Å²) in [6, 6.07) is 21.7. The number of pyridine rings is 1. The maximum absolute atomic E-state index is 12.6. The van der Waals surface area contributed by atoms with Crippen LogP contribution in [0.5, 0.6) is 0 Å². The van der Waals surface area contributed by atoms with Crippen molar-refractivity contribution >= 4 is 39.7 Å². The second-order valence-electron chi connectivity index (χ2n) is 7.88. The number of amides is 1. The second kappa shape index (κ2) is 7.77. The smallest absolute Gasteiger partial charge is 0.271 e. The van der Waals surface area contributed by atoms with Gasteiger partial charge in [0.15, 0.2) is 0 Å². The Morgan fingerprint density at radius 3 is 2.66 bits per heavy atom. The molecular formula is C25H20N4O3. The number of nitro benzene ring substituents is 1. The summed E-state index contributed by atoms with van der Waals surface area (Å²) in [4.78, 5) is 30.1. The van der Waals surface area contributed by atoms with E-state index in [2.05, 4.69) is 41.4 Å². The molecule has 0 radical (unpaired) electrons. The number of carbonyl (C=O) groups excluding carboxylic acids is 1. The third kappa shape index (κ3) is 3.65. The zero-order chi connectivity index (χ0) is 22.2. The minimum Gasteiger partial charge on any atom is -0.326 e. The molecule has 1 amide bonds. The van der Waals surface area contributed by atoms with Crippen molar-refractivity contribution in [3.8, 4) is 0 Å². The maximum Gasteiger partial charge on any atom is 0.271 e. The predicted molar refractivity (Wildman–Crippen MR) is 125 cm³/mol. The lowest BCUT2D eigenvalue weighted by atomic mass is 10.1. The van der Waals surface area contributed by atoms with E-state index >= 15 is 0 Å². The molecule has 1 aliphatic heterocycles. The third-order valence-corrected chi connectivity index (χ3v) is 5.65. The summed E-state index contributed by atoms with van der Waals surface area (Å²) in [5.41, 5.74) is 5.12. The number of nitrogens with one attached hydrogen (secondary N) is 1. The fourth-order valence-electron chi connectivity index (χ4n) is 4.01. The first-order valence-electron chi connectivity index (χ1n) is 10.3. The van der Waals surface area contributed by atoms with Gasteiger partial charge in [-0.25, -0.2) is 4.98 Å². The highest BCUT2D eigenvalue weighted by Crippen LogP contribution is 2.35. The van der Waals surface area contributed by atoms with Gasteiger partial charge in [0.1, 0.15) is 5.82 Å². The van der Waals surface area contributed by atoms with E-state index in [0.717, 1.165) is 35.4 Å². The molecule has 0 spiro atoms. The van der Waals surface area contributed by atoms with Gasteiger partial charge in [0, 0.05) is 41.0 Å². The number of carbonyl (C=O) groups is 1. The largest absolute Gasteiger partial charge is 0.326 e. The van der Waals surface area contributed by atoms with Crippen molar-refractivity contribution in [2.75, 3.05) is 16.8 Å². The molecule has 0 atom stereocenters. The van der Waals surface area contributed by atoms with Crippen LogP contribution in [0.1, 0.15) is 21.5 Å². The molecule has 0 saturated carbocycles. The number of nitrogens with zero attached hydrogens (tertiary/aromatic N) is 3. The number of hydrogen-bond acceptors (Lipinski definition) is 5. The van der Waals surface area contributed by atoms with Crippen molar-refractivity contribution in [3.63, 3.8) is 0 Å². The Kier molecular flexibility index (Phi) is 4.78. The minimum atomic E-state index is -0.489. The number of aromatic nitrogens is 1. The fourth-order valence-corrected chi connectivity index (χ4v) is 4.01. The van der Waals surface area contributed by atoms with Crippen LogP contribution in [0.15, 0.2) is 72.8 Å². The van der Waals surface area contributed by atoms with Gasteiger partial charge in [0.05, 0.1) is 10.4 Å². The molecule has 0 unspecified atom stereocenters. The van der Waals surface area contributed by atoms with E-state index in [9.17, 15) is 14.9 Å². The molecule has 1 aliphatic rings. The molecule has 0 aliphatic carbocycles. The molecule has 158 valence electrons. The Morgan fingerprint density at radius 1 is 1.06 bits per heavy atom. The highest BCUT2D eigenvalue weighted by molar-refractivity contribution is 6.04. The Morgan fingerprint density at radius 2 is 1.88 bits per heavy atom. The molecule has 0 bridgehead atoms. The summed E-state index contributed by atoms with van der Waals surface area (Å²) in [6.07, 6.45) is 0.918. The van der Waals surface area contributed by atoms with Crippen LogP contribution in [0.4, 0.5) is 22.9 Å². The van der Waals surface area contributed by atoms with Gasteiger partial charge < -0.3 is 10.2 Å². The van der Waals surface area contributed by atoms with Gasteiger partial charge in [-0.3, -0.25) is 14.9 Å². The average Bonchev–Trinajstić information content (AvgIpc) is 3.20. The van der Waals surface area contributed by atoms with Crippen molar-refractivity contribution < 1.29 is 9.72 Å². The molecule has 0 saturated heterocycles. The van der Waals surface area contributed by atoms with Crippen LogP contribution in [0.3, 0.4) is 0 Å². The quantitative estimate of drug-likeness (QED) is 0.350. The summed E-state index contributed by atoms with van der Waals surface area (Å²) in [5, 5.41) is 14.8. The first-order chi connectivity index (χ1) is 15.5. The van der Waals surface area contributed by atoms with Crippen molar-refractivity contribution in [2.45, 2.75) is 13.3 Å². The van der Waals surface area contributed by atoms with Crippen molar-refractivity contribution in [1.29, 1.82) is 0 Å². The molecule has 3 aromatic carbocycles. The van der Waals surface area contributed by atoms with Crippen LogP contribution in [-0.2, 0) is 6.42 Å². The zero-order valence-corrected chi connectivity index (χ0v) is 17.4. The van der Waals surface area contributed by atoms with Crippen molar-refractivity contribution in [2.24, 2.45) is 0 Å². The number of benzene rings is 3. The minimum absolute atomic E-state index is 0.0685. The van der Waals surface area contributed by atoms with Gasteiger partial charge in [0.2, 0.25) is 0 Å². The lowest BCUT2D eigenvalue weighted by Gasteiger charge is -2.19. The van der Waals surface area contributed by atoms with Gasteiger partial charge in [-0.15, -0.1) is 0 Å². The summed E-state index contributed by atoms with van der Waals surface area (Å²) in [7, 11) is 0. The Hall–Kier alpha value is -4.26. The van der Waals surface area contributed by atoms with Gasteiger partial charge in [0.25, 0.3) is 11.6 Å². The van der Waals surface area contributed by atoms with E-state index in [1.165, 1.54) is 23.3 Å². The number of hydrogen-bond donors (Lipinski definition) is 1. The molecule has 7 heteroatoms. The predicted octanol–water partition coefficient (Wildman–Crippen LogP) is 5.40. The Balaban J connectivity index is 1.37. The number of rotatable bonds is 4. The van der Waals surface area contributed by atoms with E-state index in [-0.39, 0.29) is 11.6 Å². The van der Waals surface area contributed by atoms with Crippen molar-refractivity contribution in [1.82, 2.24) is 4.98 Å². The zero-order valence-electron chi connectivity index (χ0n) is 17.4. The highest BCUT2D eigenvalue weighted by atomic mass is 16.6. The van der Waals surface area contributed by atoms with Crippen molar-refractivity contribution in [3.05, 3.63) is 99.6 Å². The third-order valence-electron chi connectivity index (χ3n) is 5.65. The molecule has 2 heterocycles. The van der Waals surface area contributed by atoms with E-state index in [1.54, 1.807) is 24.3 Å². The molecule has 1 aromatic heterocycles. The first-order valence-corrected chi connectivity index (χ1v) is 10.3. The molecule has 0 fully saturated rings. The second-order valence-corrected chi connectivity index (χ2v) is 7.88.